The first-order chi connectivity index (χ1) is 13.4. The highest BCUT2D eigenvalue weighted by atomic mass is 16.5. The topological polar surface area (TPSA) is 80.6 Å². The van der Waals surface area contributed by atoms with E-state index < -0.39 is 39.0 Å². The van der Waals surface area contributed by atoms with Gasteiger partial charge in [0, 0.05) is 21.4 Å². The predicted molar refractivity (Wildman–Crippen MR) is 83.0 cm³/mol. The standard InChI is InChI=1S/C15H24N2O5/c1-12(2)17(16-19)10-13(18)11-22-15-6-4-14(5-7-15)21-9-8-20-3/h4-7,12-13,18H,8-11H2,1-3H3/i1D3,2D3,12D. The first kappa shape index (κ1) is 10.0. The Bertz CT molecular complexity index is 625. The van der Waals surface area contributed by atoms with E-state index in [1.54, 1.807) is 31.4 Å². The van der Waals surface area contributed by atoms with Crippen LogP contribution in [0.5, 0.6) is 11.5 Å². The van der Waals surface area contributed by atoms with Gasteiger partial charge in [0.05, 0.1) is 19.8 Å². The molecule has 1 unspecified atom stereocenters. The van der Waals surface area contributed by atoms with E-state index in [1.807, 2.05) is 0 Å². The molecule has 1 N–H and O–H groups in total. The quantitative estimate of drug-likeness (QED) is 0.381. The smallest absolute Gasteiger partial charge is 0.119 e. The Balaban J connectivity index is 2.72. The molecular weight excluding hydrogens is 288 g/mol. The van der Waals surface area contributed by atoms with Gasteiger partial charge < -0.3 is 19.3 Å². The fraction of sp³-hybridized carbons (Fsp3) is 0.600. The molecule has 0 aliphatic carbocycles. The number of rotatable bonds is 11. The number of nitrogens with zero attached hydrogens (tertiary/aromatic N) is 2. The molecule has 0 radical (unpaired) electrons. The van der Waals surface area contributed by atoms with E-state index in [9.17, 15) is 10.0 Å². The van der Waals surface area contributed by atoms with Gasteiger partial charge in [0.1, 0.15) is 30.8 Å². The molecule has 0 spiro atoms. The summed E-state index contributed by atoms with van der Waals surface area (Å²) in [4.78, 5) is 11.1. The van der Waals surface area contributed by atoms with Crippen molar-refractivity contribution >= 4 is 0 Å². The molecule has 1 rings (SSSR count). The van der Waals surface area contributed by atoms with Crippen LogP contribution in [0.3, 0.4) is 0 Å². The van der Waals surface area contributed by atoms with Crippen LogP contribution in [0.15, 0.2) is 29.6 Å². The van der Waals surface area contributed by atoms with Crippen LogP contribution in [0.1, 0.15) is 23.3 Å². The number of methoxy groups -OCH3 is 1. The Labute approximate surface area is 140 Å². The van der Waals surface area contributed by atoms with Crippen molar-refractivity contribution in [2.45, 2.75) is 25.8 Å². The van der Waals surface area contributed by atoms with Crippen LogP contribution >= 0.6 is 0 Å². The molecule has 0 bridgehead atoms. The maximum absolute atomic E-state index is 11.1. The van der Waals surface area contributed by atoms with Gasteiger partial charge in [0.2, 0.25) is 0 Å². The third-order valence-electron chi connectivity index (χ3n) is 2.56. The Kier molecular flexibility index (Phi) is 4.54. The minimum atomic E-state index is -3.38. The van der Waals surface area contributed by atoms with E-state index in [0.717, 1.165) is 0 Å². The number of aliphatic hydroxyl groups is 1. The van der Waals surface area contributed by atoms with Crippen molar-refractivity contribution in [1.29, 1.82) is 0 Å². The molecule has 0 aliphatic rings. The molecule has 0 heterocycles. The van der Waals surface area contributed by atoms with Crippen molar-refractivity contribution < 1.29 is 28.9 Å². The van der Waals surface area contributed by atoms with Crippen LogP contribution in [0.2, 0.25) is 0 Å². The van der Waals surface area contributed by atoms with Crippen molar-refractivity contribution in [3.8, 4) is 11.5 Å². The van der Waals surface area contributed by atoms with Crippen molar-refractivity contribution in [3.63, 3.8) is 0 Å². The van der Waals surface area contributed by atoms with E-state index in [2.05, 4.69) is 5.29 Å². The number of ether oxygens (including phenoxy) is 3. The van der Waals surface area contributed by atoms with Crippen LogP contribution in [0.4, 0.5) is 0 Å². The molecule has 0 saturated carbocycles. The zero-order valence-corrected chi connectivity index (χ0v) is 12.2. The number of nitroso groups, excluding NO2 is 1. The number of aliphatic hydroxyl groups excluding tert-OH is 1. The average molecular weight is 319 g/mol. The second-order valence-electron chi connectivity index (χ2n) is 4.29. The van der Waals surface area contributed by atoms with E-state index in [0.29, 0.717) is 24.7 Å². The van der Waals surface area contributed by atoms with Gasteiger partial charge in [0.15, 0.2) is 0 Å². The van der Waals surface area contributed by atoms with Crippen molar-refractivity contribution in [2.24, 2.45) is 5.29 Å². The molecule has 1 aromatic carbocycles. The molecule has 1 aromatic rings. The number of hydrogen-bond donors (Lipinski definition) is 1. The van der Waals surface area contributed by atoms with Gasteiger partial charge >= 0.3 is 0 Å². The van der Waals surface area contributed by atoms with E-state index >= 15 is 0 Å². The lowest BCUT2D eigenvalue weighted by Crippen LogP contribution is -2.36. The van der Waals surface area contributed by atoms with Crippen LogP contribution in [0, 0.1) is 4.91 Å². The molecule has 124 valence electrons. The Hall–Kier alpha value is -1.86. The van der Waals surface area contributed by atoms with Crippen molar-refractivity contribution in [1.82, 2.24) is 5.01 Å². The van der Waals surface area contributed by atoms with Gasteiger partial charge in [-0.25, -0.2) is 0 Å². The zero-order chi connectivity index (χ0) is 22.3. The summed E-state index contributed by atoms with van der Waals surface area (Å²) in [6.45, 7) is -7.19. The van der Waals surface area contributed by atoms with Crippen LogP contribution in [0.25, 0.3) is 0 Å². The molecule has 0 aromatic heterocycles. The van der Waals surface area contributed by atoms with Crippen LogP contribution in [-0.2, 0) is 4.74 Å². The molecule has 7 heteroatoms. The second kappa shape index (κ2) is 9.97. The van der Waals surface area contributed by atoms with Crippen LogP contribution < -0.4 is 9.47 Å². The largest absolute Gasteiger partial charge is 0.491 e. The molecule has 0 saturated heterocycles. The highest BCUT2D eigenvalue weighted by molar-refractivity contribution is 5.31. The number of hydrogen-bond acceptors (Lipinski definition) is 6. The summed E-state index contributed by atoms with van der Waals surface area (Å²) in [6.07, 6.45) is -1.49. The van der Waals surface area contributed by atoms with Crippen molar-refractivity contribution in [3.05, 3.63) is 29.2 Å². The molecular formula is C15H24N2O5. The summed E-state index contributed by atoms with van der Waals surface area (Å²) in [5, 5.41) is 12.4. The third kappa shape index (κ3) is 6.73. The summed E-state index contributed by atoms with van der Waals surface area (Å²) in [5.74, 6) is 0.915. The number of benzene rings is 1. The van der Waals surface area contributed by atoms with Gasteiger partial charge in [0.25, 0.3) is 0 Å². The maximum Gasteiger partial charge on any atom is 0.119 e. The fourth-order valence-corrected chi connectivity index (χ4v) is 1.49. The highest BCUT2D eigenvalue weighted by Gasteiger charge is 2.14. The Morgan fingerprint density at radius 3 is 2.45 bits per heavy atom. The summed E-state index contributed by atoms with van der Waals surface area (Å²) in [7, 11) is 1.55. The zero-order valence-electron chi connectivity index (χ0n) is 19.2. The minimum Gasteiger partial charge on any atom is -0.491 e. The van der Waals surface area contributed by atoms with E-state index in [4.69, 9.17) is 23.8 Å². The highest BCUT2D eigenvalue weighted by Crippen LogP contribution is 2.17. The lowest BCUT2D eigenvalue weighted by Gasteiger charge is -2.22. The van der Waals surface area contributed by atoms with Gasteiger partial charge in [-0.1, -0.05) is 0 Å². The average Bonchev–Trinajstić information content (AvgIpc) is 2.63. The molecule has 7 nitrogen and oxygen atoms in total. The maximum atomic E-state index is 11.1. The SMILES string of the molecule is [2H]C([2H])([2H])C([2H])(N(CC(O)COc1ccc(OCCOC)cc1)N=O)C([2H])([2H])[2H]. The third-order valence-corrected chi connectivity index (χ3v) is 2.56. The summed E-state index contributed by atoms with van der Waals surface area (Å²) >= 11 is 0. The molecule has 0 fully saturated rings. The van der Waals surface area contributed by atoms with Crippen molar-refractivity contribution in [2.75, 3.05) is 33.5 Å². The summed E-state index contributed by atoms with van der Waals surface area (Å²) in [5.41, 5.74) is 0. The normalized spacial score (nSPS) is 18.4. The van der Waals surface area contributed by atoms with Gasteiger partial charge in [-0.15, -0.1) is 4.91 Å². The predicted octanol–water partition coefficient (Wildman–Crippen LogP) is 1.84. The van der Waals surface area contributed by atoms with Crippen LogP contribution in [-0.4, -0.2) is 55.7 Å². The van der Waals surface area contributed by atoms with E-state index in [-0.39, 0.29) is 5.01 Å². The molecule has 0 aliphatic heterocycles. The lowest BCUT2D eigenvalue weighted by molar-refractivity contribution is 0.0579. The monoisotopic (exact) mass is 319 g/mol. The first-order valence-corrected chi connectivity index (χ1v) is 6.50. The second-order valence-corrected chi connectivity index (χ2v) is 4.29. The molecule has 0 amide bonds. The van der Waals surface area contributed by atoms with Gasteiger partial charge in [-0.3, -0.25) is 5.01 Å². The molecule has 1 atom stereocenters. The minimum absolute atomic E-state index is 0.00771. The Morgan fingerprint density at radius 1 is 1.27 bits per heavy atom. The van der Waals surface area contributed by atoms with E-state index in [1.165, 1.54) is 0 Å². The lowest BCUT2D eigenvalue weighted by atomic mass is 10.3. The van der Waals surface area contributed by atoms with Gasteiger partial charge in [-0.05, 0) is 38.0 Å². The van der Waals surface area contributed by atoms with Gasteiger partial charge in [-0.2, -0.15) is 0 Å². The first-order valence-electron chi connectivity index (χ1n) is 10.0. The molecule has 22 heavy (non-hydrogen) atoms. The summed E-state index contributed by atoms with van der Waals surface area (Å²) < 4.78 is 67.6. The fourth-order valence-electron chi connectivity index (χ4n) is 1.49. The summed E-state index contributed by atoms with van der Waals surface area (Å²) in [6, 6.07) is 3.04. The Morgan fingerprint density at radius 2 is 1.91 bits per heavy atom.